The summed E-state index contributed by atoms with van der Waals surface area (Å²) in [5.74, 6) is 2.83. The minimum atomic E-state index is 0.0879. The van der Waals surface area contributed by atoms with Crippen LogP contribution in [0.4, 0.5) is 5.82 Å². The van der Waals surface area contributed by atoms with E-state index in [0.29, 0.717) is 23.6 Å². The molecule has 2 fully saturated rings. The highest BCUT2D eigenvalue weighted by molar-refractivity contribution is 5.94. The first-order valence-electron chi connectivity index (χ1n) is 13.2. The second-order valence-corrected chi connectivity index (χ2v) is 9.86. The quantitative estimate of drug-likeness (QED) is 0.438. The highest BCUT2D eigenvalue weighted by Gasteiger charge is 2.30. The van der Waals surface area contributed by atoms with Crippen LogP contribution >= 0.6 is 0 Å². The van der Waals surface area contributed by atoms with Gasteiger partial charge in [-0.25, -0.2) is 9.97 Å². The van der Waals surface area contributed by atoms with Gasteiger partial charge in [0.05, 0.1) is 17.5 Å². The van der Waals surface area contributed by atoms with E-state index < -0.39 is 0 Å². The van der Waals surface area contributed by atoms with Crippen LogP contribution in [0.1, 0.15) is 70.7 Å². The van der Waals surface area contributed by atoms with Crippen molar-refractivity contribution in [2.75, 3.05) is 25.0 Å². The van der Waals surface area contributed by atoms with E-state index in [4.69, 9.17) is 15.7 Å². The number of nitrogens with zero attached hydrogens (tertiary/aromatic N) is 4. The minimum Gasteiger partial charge on any atom is -0.386 e. The van der Waals surface area contributed by atoms with Gasteiger partial charge in [-0.2, -0.15) is 0 Å². The summed E-state index contributed by atoms with van der Waals surface area (Å²) >= 11 is 0. The van der Waals surface area contributed by atoms with Gasteiger partial charge in [0.2, 0.25) is 0 Å². The molecule has 4 rings (SSSR count). The van der Waals surface area contributed by atoms with E-state index in [2.05, 4.69) is 46.6 Å². The van der Waals surface area contributed by atoms with Gasteiger partial charge in [0.1, 0.15) is 5.82 Å². The summed E-state index contributed by atoms with van der Waals surface area (Å²) < 4.78 is 0. The third-order valence-corrected chi connectivity index (χ3v) is 7.28. The predicted molar refractivity (Wildman–Crippen MR) is 151 cm³/mol. The first kappa shape index (κ1) is 25.9. The van der Waals surface area contributed by atoms with Crippen LogP contribution in [0.3, 0.4) is 0 Å². The van der Waals surface area contributed by atoms with Gasteiger partial charge in [0.25, 0.3) is 0 Å². The van der Waals surface area contributed by atoms with E-state index in [1.165, 1.54) is 24.0 Å². The smallest absolute Gasteiger partial charge is 0.162 e. The number of nitrogens with two attached hydrogens (primary N) is 1. The summed E-state index contributed by atoms with van der Waals surface area (Å²) in [6.07, 6.45) is 18.7. The number of allylic oxidation sites excluding steroid dienone is 5. The van der Waals surface area contributed by atoms with Crippen molar-refractivity contribution in [2.45, 2.75) is 71.4 Å². The summed E-state index contributed by atoms with van der Waals surface area (Å²) in [7, 11) is 2.18. The van der Waals surface area contributed by atoms with Crippen LogP contribution in [0, 0.1) is 0 Å². The molecule has 0 spiro atoms. The summed E-state index contributed by atoms with van der Waals surface area (Å²) in [4.78, 5) is 17.1. The number of pyridine rings is 1. The van der Waals surface area contributed by atoms with Crippen LogP contribution in [0.5, 0.6) is 0 Å². The van der Waals surface area contributed by atoms with Crippen molar-refractivity contribution in [1.29, 1.82) is 0 Å². The zero-order valence-electron chi connectivity index (χ0n) is 22.4. The van der Waals surface area contributed by atoms with E-state index in [9.17, 15) is 0 Å². The lowest BCUT2D eigenvalue weighted by Crippen LogP contribution is -2.41. The van der Waals surface area contributed by atoms with Gasteiger partial charge in [-0.15, -0.1) is 0 Å². The molecule has 0 amide bonds. The van der Waals surface area contributed by atoms with E-state index in [1.807, 2.05) is 51.4 Å². The lowest BCUT2D eigenvalue weighted by atomic mass is 10.0. The number of hydrogen-bond acceptors (Lipinski definition) is 7. The SMILES string of the molecule is C/C=C\C(=C/C)C(C)N/C(N)=C/C(=C\C)c1nc(N(C)C2CCNCC2)c2c(C3CC3)cncc2n1. The fraction of sp³-hybridized carbons (Fsp3) is 0.483. The average molecular weight is 488 g/mol. The topological polar surface area (TPSA) is 92.0 Å². The molecule has 7 nitrogen and oxygen atoms in total. The molecule has 1 unspecified atom stereocenters. The Morgan fingerprint density at radius 3 is 2.50 bits per heavy atom. The third kappa shape index (κ3) is 5.78. The average Bonchev–Trinajstić information content (AvgIpc) is 3.75. The van der Waals surface area contributed by atoms with Crippen LogP contribution in [0.2, 0.25) is 0 Å². The Hall–Kier alpha value is -3.19. The molecule has 1 saturated heterocycles. The van der Waals surface area contributed by atoms with Crippen LogP contribution in [0.15, 0.2) is 54.2 Å². The van der Waals surface area contributed by atoms with E-state index in [0.717, 1.165) is 48.2 Å². The molecule has 1 saturated carbocycles. The molecule has 4 N–H and O–H groups in total. The van der Waals surface area contributed by atoms with E-state index in [-0.39, 0.29) is 6.04 Å². The van der Waals surface area contributed by atoms with Crippen LogP contribution in [0.25, 0.3) is 16.5 Å². The van der Waals surface area contributed by atoms with Gasteiger partial charge in [-0.05, 0) is 89.6 Å². The lowest BCUT2D eigenvalue weighted by Gasteiger charge is -2.33. The van der Waals surface area contributed by atoms with Crippen molar-refractivity contribution in [1.82, 2.24) is 25.6 Å². The number of fused-ring (bicyclic) bond motifs is 1. The lowest BCUT2D eigenvalue weighted by molar-refractivity contribution is 0.442. The van der Waals surface area contributed by atoms with Crippen molar-refractivity contribution in [2.24, 2.45) is 5.73 Å². The molecule has 0 bridgehead atoms. The zero-order chi connectivity index (χ0) is 25.7. The molecule has 1 aliphatic heterocycles. The summed E-state index contributed by atoms with van der Waals surface area (Å²) in [5, 5.41) is 8.03. The molecule has 2 aliphatic rings. The first-order chi connectivity index (χ1) is 17.5. The Bertz CT molecular complexity index is 1180. The largest absolute Gasteiger partial charge is 0.386 e. The molecule has 3 heterocycles. The van der Waals surface area contributed by atoms with Crippen LogP contribution in [-0.2, 0) is 0 Å². The molecule has 0 aromatic carbocycles. The highest BCUT2D eigenvalue weighted by Crippen LogP contribution is 2.44. The first-order valence-corrected chi connectivity index (χ1v) is 13.2. The molecule has 2 aromatic heterocycles. The highest BCUT2D eigenvalue weighted by atomic mass is 15.2. The maximum absolute atomic E-state index is 6.45. The van der Waals surface area contributed by atoms with Gasteiger partial charge < -0.3 is 21.3 Å². The fourth-order valence-electron chi connectivity index (χ4n) is 5.05. The summed E-state index contributed by atoms with van der Waals surface area (Å²) in [5.41, 5.74) is 10.7. The number of nitrogens with one attached hydrogen (secondary N) is 2. The maximum Gasteiger partial charge on any atom is 0.162 e. The molecule has 36 heavy (non-hydrogen) atoms. The van der Waals surface area contributed by atoms with Crippen molar-refractivity contribution in [3.63, 3.8) is 0 Å². The second-order valence-electron chi connectivity index (χ2n) is 9.86. The van der Waals surface area contributed by atoms with Crippen molar-refractivity contribution in [3.8, 4) is 0 Å². The number of hydrogen-bond donors (Lipinski definition) is 3. The predicted octanol–water partition coefficient (Wildman–Crippen LogP) is 4.79. The molecule has 7 heteroatoms. The maximum atomic E-state index is 6.45. The Balaban J connectivity index is 1.73. The summed E-state index contributed by atoms with van der Waals surface area (Å²) in [6, 6.07) is 0.533. The molecular formula is C29H41N7. The number of anilines is 1. The van der Waals surface area contributed by atoms with Gasteiger partial charge in [0.15, 0.2) is 5.82 Å². The molecule has 1 aliphatic carbocycles. The van der Waals surface area contributed by atoms with Crippen molar-refractivity contribution >= 4 is 22.3 Å². The van der Waals surface area contributed by atoms with Crippen LogP contribution in [-0.4, -0.2) is 47.2 Å². The molecule has 1 atom stereocenters. The Morgan fingerprint density at radius 1 is 1.11 bits per heavy atom. The molecule has 192 valence electrons. The Morgan fingerprint density at radius 2 is 1.86 bits per heavy atom. The van der Waals surface area contributed by atoms with Crippen LogP contribution < -0.4 is 21.3 Å². The van der Waals surface area contributed by atoms with Gasteiger partial charge in [0, 0.05) is 36.3 Å². The second kappa shape index (κ2) is 11.7. The Labute approximate surface area is 215 Å². The number of rotatable bonds is 9. The van der Waals surface area contributed by atoms with Gasteiger partial charge in [-0.1, -0.05) is 24.3 Å². The van der Waals surface area contributed by atoms with Crippen molar-refractivity contribution < 1.29 is 0 Å². The monoisotopic (exact) mass is 487 g/mol. The molecular weight excluding hydrogens is 446 g/mol. The zero-order valence-corrected chi connectivity index (χ0v) is 22.4. The number of aromatic nitrogens is 3. The van der Waals surface area contributed by atoms with E-state index >= 15 is 0 Å². The Kier molecular flexibility index (Phi) is 8.41. The normalized spacial score (nSPS) is 19.2. The minimum absolute atomic E-state index is 0.0879. The van der Waals surface area contributed by atoms with Gasteiger partial charge >= 0.3 is 0 Å². The molecule has 2 aromatic rings. The number of piperidine rings is 1. The van der Waals surface area contributed by atoms with E-state index in [1.54, 1.807) is 0 Å². The molecule has 0 radical (unpaired) electrons. The van der Waals surface area contributed by atoms with Gasteiger partial charge in [-0.3, -0.25) is 4.98 Å². The third-order valence-electron chi connectivity index (χ3n) is 7.28. The standard InChI is InChI=1S/C29H41N7/c1-6-9-20(7-2)19(4)33-26(30)16-21(8-3)28-34-25-18-32-17-24(22-10-11-22)27(25)29(35-28)36(5)23-12-14-31-15-13-23/h6-9,16-19,22-23,31,33H,10-15,30H2,1-5H3/b9-6-,20-7+,21-8+,26-16+. The fourth-order valence-corrected chi connectivity index (χ4v) is 5.05. The summed E-state index contributed by atoms with van der Waals surface area (Å²) in [6.45, 7) is 10.2. The van der Waals surface area contributed by atoms with Crippen molar-refractivity contribution in [3.05, 3.63) is 65.6 Å².